The van der Waals surface area contributed by atoms with Gasteiger partial charge in [0.1, 0.15) is 17.4 Å². The monoisotopic (exact) mass is 491 g/mol. The van der Waals surface area contributed by atoms with E-state index >= 15 is 0 Å². The second-order valence-electron chi connectivity index (χ2n) is 10.8. The van der Waals surface area contributed by atoms with E-state index in [9.17, 15) is 9.59 Å². The van der Waals surface area contributed by atoms with Crippen molar-refractivity contribution >= 4 is 18.1 Å². The first-order valence-corrected chi connectivity index (χ1v) is 12.9. The smallest absolute Gasteiger partial charge is 0.410 e. The van der Waals surface area contributed by atoms with Crippen LogP contribution >= 0.6 is 0 Å². The van der Waals surface area contributed by atoms with Crippen LogP contribution in [-0.4, -0.2) is 46.1 Å². The highest BCUT2D eigenvalue weighted by atomic mass is 16.6. The molecular weight excluding hydrogens is 454 g/mol. The second-order valence-corrected chi connectivity index (χ2v) is 10.8. The molecule has 7 nitrogen and oxygen atoms in total. The molecule has 1 aliphatic carbocycles. The number of ether oxygens (including phenoxy) is 2. The first-order valence-electron chi connectivity index (χ1n) is 12.9. The fraction of sp³-hybridized carbons (Fsp3) is 0.483. The number of aromatic nitrogens is 1. The predicted molar refractivity (Wildman–Crippen MR) is 140 cm³/mol. The van der Waals surface area contributed by atoms with E-state index in [4.69, 9.17) is 9.47 Å². The Balaban J connectivity index is 1.29. The summed E-state index contributed by atoms with van der Waals surface area (Å²) >= 11 is 0. The Bertz CT molecular complexity index is 1090. The molecule has 1 aliphatic heterocycles. The molecule has 1 atom stereocenters. The number of hydrogen-bond acceptors (Lipinski definition) is 5. The van der Waals surface area contributed by atoms with Crippen LogP contribution in [0, 0.1) is 6.92 Å². The molecular formula is C29H37N3O4. The second kappa shape index (κ2) is 11.1. The van der Waals surface area contributed by atoms with Crippen molar-refractivity contribution in [2.24, 2.45) is 0 Å². The van der Waals surface area contributed by atoms with E-state index in [0.717, 1.165) is 49.0 Å². The van der Waals surface area contributed by atoms with Crippen LogP contribution in [0.15, 0.2) is 48.2 Å². The number of benzene rings is 1. The zero-order valence-corrected chi connectivity index (χ0v) is 21.8. The molecule has 7 heteroatoms. The quantitative estimate of drug-likeness (QED) is 0.553. The third-order valence-electron chi connectivity index (χ3n) is 6.49. The van der Waals surface area contributed by atoms with Crippen LogP contribution in [0.1, 0.15) is 70.4 Å². The topological polar surface area (TPSA) is 80.8 Å². The Morgan fingerprint density at radius 3 is 2.58 bits per heavy atom. The van der Waals surface area contributed by atoms with Crippen LogP contribution in [0.25, 0.3) is 6.08 Å². The lowest BCUT2D eigenvalue weighted by Crippen LogP contribution is -2.50. The van der Waals surface area contributed by atoms with E-state index in [2.05, 4.69) is 22.4 Å². The maximum Gasteiger partial charge on any atom is 0.410 e. The molecule has 1 aromatic heterocycles. The van der Waals surface area contributed by atoms with Gasteiger partial charge in [-0.3, -0.25) is 9.69 Å². The minimum atomic E-state index is -0.573. The molecule has 2 fully saturated rings. The number of allylic oxidation sites excluding steroid dienone is 1. The lowest BCUT2D eigenvalue weighted by atomic mass is 9.89. The van der Waals surface area contributed by atoms with Gasteiger partial charge in [-0.15, -0.1) is 0 Å². The predicted octanol–water partition coefficient (Wildman–Crippen LogP) is 6.02. The van der Waals surface area contributed by atoms with E-state index < -0.39 is 17.7 Å². The molecule has 0 spiro atoms. The number of likely N-dealkylation sites (tertiary alicyclic amines) is 1. The first-order chi connectivity index (χ1) is 17.2. The Morgan fingerprint density at radius 2 is 1.89 bits per heavy atom. The van der Waals surface area contributed by atoms with Gasteiger partial charge in [0, 0.05) is 24.8 Å². The lowest BCUT2D eigenvalue weighted by molar-refractivity contribution is -0.126. The minimum absolute atomic E-state index is 0.0645. The van der Waals surface area contributed by atoms with E-state index in [1.807, 2.05) is 58.0 Å². The van der Waals surface area contributed by atoms with Crippen molar-refractivity contribution in [3.8, 4) is 11.6 Å². The van der Waals surface area contributed by atoms with Gasteiger partial charge in [0.15, 0.2) is 0 Å². The maximum atomic E-state index is 13.0. The van der Waals surface area contributed by atoms with Gasteiger partial charge in [-0.1, -0.05) is 29.8 Å². The highest BCUT2D eigenvalue weighted by Crippen LogP contribution is 2.28. The lowest BCUT2D eigenvalue weighted by Gasteiger charge is -2.30. The molecule has 2 heterocycles. The highest BCUT2D eigenvalue weighted by molar-refractivity contribution is 5.86. The summed E-state index contributed by atoms with van der Waals surface area (Å²) in [5, 5.41) is 3.19. The first kappa shape index (κ1) is 25.7. The van der Waals surface area contributed by atoms with Crippen molar-refractivity contribution in [3.63, 3.8) is 0 Å². The van der Waals surface area contributed by atoms with Crippen LogP contribution in [-0.2, 0) is 9.53 Å². The summed E-state index contributed by atoms with van der Waals surface area (Å²) < 4.78 is 11.4. The van der Waals surface area contributed by atoms with Crippen molar-refractivity contribution in [3.05, 3.63) is 59.3 Å². The third-order valence-corrected chi connectivity index (χ3v) is 6.49. The summed E-state index contributed by atoms with van der Waals surface area (Å²) in [6.45, 7) is 8.08. The summed E-state index contributed by atoms with van der Waals surface area (Å²) in [6, 6.07) is 11.5. The van der Waals surface area contributed by atoms with Crippen molar-refractivity contribution in [1.29, 1.82) is 0 Å². The maximum absolute atomic E-state index is 13.0. The van der Waals surface area contributed by atoms with E-state index in [0.29, 0.717) is 18.8 Å². The Kier molecular flexibility index (Phi) is 7.97. The fourth-order valence-corrected chi connectivity index (χ4v) is 4.69. The SMILES string of the molecule is Cc1ccc(Oc2cccc(C=C3CCC(NC(=O)C4CCCN4C(=O)OC(C)(C)C)CC3)c2)nc1. The van der Waals surface area contributed by atoms with Gasteiger partial charge in [-0.2, -0.15) is 0 Å². The van der Waals surface area contributed by atoms with Crippen molar-refractivity contribution in [1.82, 2.24) is 15.2 Å². The van der Waals surface area contributed by atoms with E-state index in [-0.39, 0.29) is 11.9 Å². The van der Waals surface area contributed by atoms with E-state index in [1.165, 1.54) is 5.57 Å². The molecule has 2 amide bonds. The summed E-state index contributed by atoms with van der Waals surface area (Å²) in [4.78, 5) is 31.4. The van der Waals surface area contributed by atoms with Gasteiger partial charge in [0.2, 0.25) is 11.8 Å². The van der Waals surface area contributed by atoms with Gasteiger partial charge in [0.05, 0.1) is 0 Å². The average Bonchev–Trinajstić information content (AvgIpc) is 3.32. The van der Waals surface area contributed by atoms with Gasteiger partial charge < -0.3 is 14.8 Å². The van der Waals surface area contributed by atoms with Crippen molar-refractivity contribution in [2.45, 2.75) is 83.9 Å². The molecule has 36 heavy (non-hydrogen) atoms. The summed E-state index contributed by atoms with van der Waals surface area (Å²) in [5.74, 6) is 1.27. The fourth-order valence-electron chi connectivity index (χ4n) is 4.69. The Labute approximate surface area is 213 Å². The molecule has 1 N–H and O–H groups in total. The number of nitrogens with zero attached hydrogens (tertiary/aromatic N) is 2. The number of hydrogen-bond donors (Lipinski definition) is 1. The number of rotatable bonds is 5. The summed E-state index contributed by atoms with van der Waals surface area (Å²) in [5.41, 5.74) is 2.98. The van der Waals surface area contributed by atoms with Crippen LogP contribution in [0.2, 0.25) is 0 Å². The molecule has 1 saturated carbocycles. The zero-order valence-electron chi connectivity index (χ0n) is 21.8. The molecule has 2 aromatic rings. The molecule has 192 valence electrons. The molecule has 2 aliphatic rings. The molecule has 4 rings (SSSR count). The zero-order chi connectivity index (χ0) is 25.7. The van der Waals surface area contributed by atoms with Crippen molar-refractivity contribution < 1.29 is 19.1 Å². The van der Waals surface area contributed by atoms with Gasteiger partial charge in [-0.25, -0.2) is 9.78 Å². The highest BCUT2D eigenvalue weighted by Gasteiger charge is 2.37. The third kappa shape index (κ3) is 7.09. The van der Waals surface area contributed by atoms with Crippen LogP contribution in [0.3, 0.4) is 0 Å². The normalized spacial score (nSPS) is 20.1. The van der Waals surface area contributed by atoms with E-state index in [1.54, 1.807) is 11.1 Å². The van der Waals surface area contributed by atoms with Gasteiger partial charge in [0.25, 0.3) is 0 Å². The number of amides is 2. The number of pyridine rings is 1. The van der Waals surface area contributed by atoms with Gasteiger partial charge in [-0.05, 0) is 89.5 Å². The summed E-state index contributed by atoms with van der Waals surface area (Å²) in [6.07, 6.45) is 8.73. The number of carbonyl (C=O) groups is 2. The molecule has 0 bridgehead atoms. The number of nitrogens with one attached hydrogen (secondary N) is 1. The minimum Gasteiger partial charge on any atom is -0.444 e. The molecule has 1 unspecified atom stereocenters. The molecule has 0 radical (unpaired) electrons. The summed E-state index contributed by atoms with van der Waals surface area (Å²) in [7, 11) is 0. The Morgan fingerprint density at radius 1 is 1.11 bits per heavy atom. The van der Waals surface area contributed by atoms with Crippen molar-refractivity contribution in [2.75, 3.05) is 6.54 Å². The van der Waals surface area contributed by atoms with Crippen LogP contribution in [0.5, 0.6) is 11.6 Å². The van der Waals surface area contributed by atoms with Crippen LogP contribution < -0.4 is 10.1 Å². The number of aryl methyl sites for hydroxylation is 1. The number of carbonyl (C=O) groups excluding carboxylic acids is 2. The largest absolute Gasteiger partial charge is 0.444 e. The standard InChI is InChI=1S/C29H37N3O4/c1-20-10-15-26(30-19-20)35-24-8-5-7-22(18-24)17-21-11-13-23(14-12-21)31-27(33)25-9-6-16-32(25)28(34)36-29(2,3)4/h5,7-8,10,15,17-19,23,25H,6,9,11-14,16H2,1-4H3,(H,31,33). The van der Waals surface area contributed by atoms with Crippen LogP contribution in [0.4, 0.5) is 4.79 Å². The molecule has 1 saturated heterocycles. The Hall–Kier alpha value is -3.35. The van der Waals surface area contributed by atoms with Gasteiger partial charge >= 0.3 is 6.09 Å². The molecule has 1 aromatic carbocycles. The average molecular weight is 492 g/mol.